The highest BCUT2D eigenvalue weighted by molar-refractivity contribution is 6.46. The lowest BCUT2D eigenvalue weighted by atomic mass is 9.95. The Morgan fingerprint density at radius 2 is 1.94 bits per heavy atom. The largest absolute Gasteiger partial charge is 0.507 e. The van der Waals surface area contributed by atoms with Crippen LogP contribution in [0.25, 0.3) is 5.76 Å². The molecule has 1 amide bonds. The number of aliphatic hydroxyl groups is 1. The van der Waals surface area contributed by atoms with Gasteiger partial charge in [-0.1, -0.05) is 24.8 Å². The van der Waals surface area contributed by atoms with Gasteiger partial charge in [-0.2, -0.15) is 0 Å². The molecule has 1 N–H and O–H groups in total. The average Bonchev–Trinajstić information content (AvgIpc) is 3.01. The van der Waals surface area contributed by atoms with Crippen LogP contribution in [0.4, 0.5) is 4.39 Å². The van der Waals surface area contributed by atoms with Crippen LogP contribution in [-0.4, -0.2) is 60.4 Å². The number of Topliss-reactive ketones (excluding diaryl/α,β-unsaturated/α-hetero) is 1. The molecule has 162 valence electrons. The third-order valence-electron chi connectivity index (χ3n) is 4.99. The second kappa shape index (κ2) is 9.57. The summed E-state index contributed by atoms with van der Waals surface area (Å²) in [5.74, 6) is -1.74. The number of nitrogens with zero attached hydrogens (tertiary/aromatic N) is 2. The quantitative estimate of drug-likeness (QED) is 0.305. The van der Waals surface area contributed by atoms with Gasteiger partial charge in [0.05, 0.1) is 11.6 Å². The molecule has 1 unspecified atom stereocenters. The van der Waals surface area contributed by atoms with Crippen LogP contribution in [0.15, 0.2) is 66.8 Å². The predicted octanol–water partition coefficient (Wildman–Crippen LogP) is 3.37. The molecule has 1 atom stereocenters. The van der Waals surface area contributed by atoms with Gasteiger partial charge in [0.15, 0.2) is 0 Å². The van der Waals surface area contributed by atoms with Gasteiger partial charge in [0.2, 0.25) is 0 Å². The number of ketones is 1. The number of carbonyl (C=O) groups excluding carboxylic acids is 2. The molecular formula is C24H25FN2O4. The smallest absolute Gasteiger partial charge is 0.295 e. The molecule has 1 fully saturated rings. The molecule has 7 heteroatoms. The fourth-order valence-corrected chi connectivity index (χ4v) is 3.46. The molecule has 6 nitrogen and oxygen atoms in total. The van der Waals surface area contributed by atoms with Gasteiger partial charge in [0, 0.05) is 18.7 Å². The molecule has 0 bridgehead atoms. The first-order chi connectivity index (χ1) is 14.8. The zero-order valence-corrected chi connectivity index (χ0v) is 17.5. The SMILES string of the molecule is C=CCOc1ccc(/C(O)=C2\C(=O)C(=O)N(CCN(C)C)C2c2cccc(F)c2)cc1. The van der Waals surface area contributed by atoms with E-state index in [-0.39, 0.29) is 17.9 Å². The maximum Gasteiger partial charge on any atom is 0.295 e. The van der Waals surface area contributed by atoms with E-state index in [1.165, 1.54) is 23.1 Å². The van der Waals surface area contributed by atoms with Gasteiger partial charge in [-0.25, -0.2) is 4.39 Å². The molecule has 2 aromatic carbocycles. The van der Waals surface area contributed by atoms with Crippen molar-refractivity contribution in [1.29, 1.82) is 0 Å². The van der Waals surface area contributed by atoms with Crippen LogP contribution >= 0.6 is 0 Å². The number of halogens is 1. The highest BCUT2D eigenvalue weighted by atomic mass is 19.1. The van der Waals surface area contributed by atoms with Crippen LogP contribution < -0.4 is 4.74 Å². The summed E-state index contributed by atoms with van der Waals surface area (Å²) < 4.78 is 19.4. The van der Waals surface area contributed by atoms with E-state index >= 15 is 0 Å². The molecule has 1 aliphatic rings. The van der Waals surface area contributed by atoms with Crippen LogP contribution in [0.1, 0.15) is 17.2 Å². The lowest BCUT2D eigenvalue weighted by Gasteiger charge is -2.26. The van der Waals surface area contributed by atoms with Gasteiger partial charge in [-0.05, 0) is 56.1 Å². The average molecular weight is 424 g/mol. The molecule has 0 aliphatic carbocycles. The number of hydrogen-bond donors (Lipinski definition) is 1. The summed E-state index contributed by atoms with van der Waals surface area (Å²) in [4.78, 5) is 29.0. The van der Waals surface area contributed by atoms with Crippen molar-refractivity contribution >= 4 is 17.4 Å². The van der Waals surface area contributed by atoms with Gasteiger partial charge >= 0.3 is 0 Å². The number of likely N-dealkylation sites (N-methyl/N-ethyl adjacent to an activating group) is 1. The third-order valence-corrected chi connectivity index (χ3v) is 4.99. The van der Waals surface area contributed by atoms with Crippen molar-refractivity contribution in [3.8, 4) is 5.75 Å². The van der Waals surface area contributed by atoms with E-state index < -0.39 is 23.5 Å². The van der Waals surface area contributed by atoms with E-state index in [0.29, 0.717) is 30.0 Å². The Kier molecular flexibility index (Phi) is 6.87. The third kappa shape index (κ3) is 4.83. The summed E-state index contributed by atoms with van der Waals surface area (Å²) in [6, 6.07) is 11.3. The van der Waals surface area contributed by atoms with Crippen LogP contribution in [0.5, 0.6) is 5.75 Å². The molecule has 0 aromatic heterocycles. The molecule has 0 spiro atoms. The van der Waals surface area contributed by atoms with Crippen molar-refractivity contribution in [3.63, 3.8) is 0 Å². The van der Waals surface area contributed by atoms with Gasteiger partial charge in [-0.3, -0.25) is 9.59 Å². The molecule has 1 saturated heterocycles. The number of aliphatic hydroxyl groups excluding tert-OH is 1. The van der Waals surface area contributed by atoms with Gasteiger partial charge < -0.3 is 19.6 Å². The number of rotatable bonds is 8. The Morgan fingerprint density at radius 3 is 2.55 bits per heavy atom. The van der Waals surface area contributed by atoms with Crippen molar-refractivity contribution < 1.29 is 23.8 Å². The molecular weight excluding hydrogens is 399 g/mol. The van der Waals surface area contributed by atoms with Crippen LogP contribution in [-0.2, 0) is 9.59 Å². The first-order valence-corrected chi connectivity index (χ1v) is 9.86. The molecule has 1 aliphatic heterocycles. The highest BCUT2D eigenvalue weighted by Crippen LogP contribution is 2.39. The minimum atomic E-state index is -0.882. The number of likely N-dealkylation sites (tertiary alicyclic amines) is 1. The van der Waals surface area contributed by atoms with Crippen molar-refractivity contribution in [1.82, 2.24) is 9.80 Å². The van der Waals surface area contributed by atoms with Gasteiger partial charge in [-0.15, -0.1) is 0 Å². The second-order valence-corrected chi connectivity index (χ2v) is 7.47. The number of carbonyl (C=O) groups is 2. The molecule has 0 saturated carbocycles. The van der Waals surface area contributed by atoms with Crippen molar-refractivity contribution in [3.05, 3.63) is 83.7 Å². The Balaban J connectivity index is 2.07. The minimum Gasteiger partial charge on any atom is -0.507 e. The Hall–Kier alpha value is -3.45. The number of benzene rings is 2. The zero-order valence-electron chi connectivity index (χ0n) is 17.5. The van der Waals surface area contributed by atoms with Gasteiger partial charge in [0.1, 0.15) is 23.9 Å². The van der Waals surface area contributed by atoms with E-state index in [9.17, 15) is 19.1 Å². The fraction of sp³-hybridized carbons (Fsp3) is 0.250. The molecule has 0 radical (unpaired) electrons. The topological polar surface area (TPSA) is 70.1 Å². The predicted molar refractivity (Wildman–Crippen MR) is 116 cm³/mol. The Morgan fingerprint density at radius 1 is 1.23 bits per heavy atom. The Bertz CT molecular complexity index is 1010. The first-order valence-electron chi connectivity index (χ1n) is 9.86. The number of amides is 1. The lowest BCUT2D eigenvalue weighted by Crippen LogP contribution is -2.35. The van der Waals surface area contributed by atoms with E-state index in [1.54, 1.807) is 36.4 Å². The summed E-state index contributed by atoms with van der Waals surface area (Å²) in [7, 11) is 3.70. The number of ether oxygens (including phenoxy) is 1. The van der Waals surface area contributed by atoms with E-state index in [1.807, 2.05) is 19.0 Å². The summed E-state index contributed by atoms with van der Waals surface area (Å²) in [5.41, 5.74) is 0.720. The molecule has 3 rings (SSSR count). The summed E-state index contributed by atoms with van der Waals surface area (Å²) in [6.07, 6.45) is 1.61. The zero-order chi connectivity index (χ0) is 22.5. The summed E-state index contributed by atoms with van der Waals surface area (Å²) in [5, 5.41) is 11.0. The Labute approximate surface area is 180 Å². The molecule has 2 aromatic rings. The fourth-order valence-electron chi connectivity index (χ4n) is 3.46. The summed E-state index contributed by atoms with van der Waals surface area (Å²) in [6.45, 7) is 4.69. The summed E-state index contributed by atoms with van der Waals surface area (Å²) >= 11 is 0. The van der Waals surface area contributed by atoms with Crippen LogP contribution in [0.2, 0.25) is 0 Å². The van der Waals surface area contributed by atoms with Gasteiger partial charge in [0.25, 0.3) is 11.7 Å². The molecule has 1 heterocycles. The van der Waals surface area contributed by atoms with Crippen molar-refractivity contribution in [2.75, 3.05) is 33.8 Å². The van der Waals surface area contributed by atoms with Crippen LogP contribution in [0.3, 0.4) is 0 Å². The van der Waals surface area contributed by atoms with E-state index in [2.05, 4.69) is 6.58 Å². The first kappa shape index (κ1) is 22.2. The lowest BCUT2D eigenvalue weighted by molar-refractivity contribution is -0.140. The number of hydrogen-bond acceptors (Lipinski definition) is 5. The van der Waals surface area contributed by atoms with Crippen molar-refractivity contribution in [2.24, 2.45) is 0 Å². The maximum atomic E-state index is 14.0. The second-order valence-electron chi connectivity index (χ2n) is 7.47. The van der Waals surface area contributed by atoms with E-state index in [4.69, 9.17) is 4.74 Å². The monoisotopic (exact) mass is 424 g/mol. The maximum absolute atomic E-state index is 14.0. The normalized spacial score (nSPS) is 17.9. The van der Waals surface area contributed by atoms with Crippen molar-refractivity contribution in [2.45, 2.75) is 6.04 Å². The standard InChI is InChI=1S/C24H25FN2O4/c1-4-14-31-19-10-8-16(9-11-19)22(28)20-21(17-6-5-7-18(25)15-17)27(13-12-26(2)3)24(30)23(20)29/h4-11,15,21,28H,1,12-14H2,2-3H3/b22-20+. The minimum absolute atomic E-state index is 0.0610. The molecule has 31 heavy (non-hydrogen) atoms. The highest BCUT2D eigenvalue weighted by Gasteiger charge is 2.45. The van der Waals surface area contributed by atoms with E-state index in [0.717, 1.165) is 0 Å². The van der Waals surface area contributed by atoms with Crippen LogP contribution in [0, 0.1) is 5.82 Å².